The van der Waals surface area contributed by atoms with E-state index >= 15 is 0 Å². The Kier molecular flexibility index (Phi) is 3.78. The first-order valence-electron chi connectivity index (χ1n) is 2.61. The zero-order valence-corrected chi connectivity index (χ0v) is 6.47. The molecule has 0 saturated carbocycles. The lowest BCUT2D eigenvalue weighted by molar-refractivity contribution is 0.319. The summed E-state index contributed by atoms with van der Waals surface area (Å²) in [5.41, 5.74) is 0. The van der Waals surface area contributed by atoms with Gasteiger partial charge in [-0.15, -0.1) is 0 Å². The van der Waals surface area contributed by atoms with Gasteiger partial charge in [-0.2, -0.15) is 0 Å². The Morgan fingerprint density at radius 3 is 2.67 bits per heavy atom. The molecule has 0 aromatic heterocycles. The van der Waals surface area contributed by atoms with Crippen molar-refractivity contribution in [3.63, 3.8) is 0 Å². The lowest BCUT2D eigenvalue weighted by atomic mass is 10.6. The van der Waals surface area contributed by atoms with E-state index in [0.717, 1.165) is 0 Å². The number of hydrogen-bond donors (Lipinski definition) is 1. The Morgan fingerprint density at radius 1 is 1.78 bits per heavy atom. The van der Waals surface area contributed by atoms with Gasteiger partial charge in [0, 0.05) is 7.11 Å². The van der Waals surface area contributed by atoms with Crippen molar-refractivity contribution in [2.24, 2.45) is 0 Å². The summed E-state index contributed by atoms with van der Waals surface area (Å²) >= 11 is 0. The summed E-state index contributed by atoms with van der Waals surface area (Å²) in [6.07, 6.45) is 3.41. The van der Waals surface area contributed by atoms with E-state index in [9.17, 15) is 4.57 Å². The van der Waals surface area contributed by atoms with E-state index in [-0.39, 0.29) is 6.16 Å². The van der Waals surface area contributed by atoms with Gasteiger partial charge in [-0.05, 0) is 6.92 Å². The summed E-state index contributed by atoms with van der Waals surface area (Å²) in [5.74, 6) is 0. The maximum atomic E-state index is 10.6. The highest BCUT2D eigenvalue weighted by Gasteiger charge is 2.12. The zero-order valence-electron chi connectivity index (χ0n) is 5.57. The third-order valence-corrected chi connectivity index (χ3v) is 2.10. The lowest BCUT2D eigenvalue weighted by Gasteiger charge is -2.03. The molecular weight excluding hydrogens is 139 g/mol. The van der Waals surface area contributed by atoms with E-state index in [1.54, 1.807) is 19.1 Å². The normalized spacial score (nSPS) is 18.1. The molecule has 4 heteroatoms. The predicted molar refractivity (Wildman–Crippen MR) is 36.5 cm³/mol. The monoisotopic (exact) mass is 150 g/mol. The first kappa shape index (κ1) is 8.89. The Hall–Kier alpha value is -0.110. The molecule has 1 unspecified atom stereocenters. The Morgan fingerprint density at radius 2 is 2.33 bits per heavy atom. The molecule has 0 aliphatic heterocycles. The fourth-order valence-electron chi connectivity index (χ4n) is 0.313. The highest BCUT2D eigenvalue weighted by molar-refractivity contribution is 7.52. The second-order valence-electron chi connectivity index (χ2n) is 1.57. The molecule has 0 saturated heterocycles. The van der Waals surface area contributed by atoms with Crippen molar-refractivity contribution in [3.8, 4) is 0 Å². The SMILES string of the molecule is CC=CCP(=O)(O)OC. The average molecular weight is 150 g/mol. The van der Waals surface area contributed by atoms with Crippen LogP contribution < -0.4 is 0 Å². The largest absolute Gasteiger partial charge is 0.331 e. The van der Waals surface area contributed by atoms with E-state index in [2.05, 4.69) is 4.52 Å². The Bertz CT molecular complexity index is 141. The molecule has 0 aromatic rings. The minimum Gasteiger partial charge on any atom is -0.324 e. The molecule has 3 nitrogen and oxygen atoms in total. The topological polar surface area (TPSA) is 46.5 Å². The first-order valence-corrected chi connectivity index (χ1v) is 4.37. The van der Waals surface area contributed by atoms with Gasteiger partial charge in [-0.3, -0.25) is 4.57 Å². The summed E-state index contributed by atoms with van der Waals surface area (Å²) in [6.45, 7) is 1.79. The van der Waals surface area contributed by atoms with E-state index in [1.807, 2.05) is 0 Å². The van der Waals surface area contributed by atoms with Crippen LogP contribution in [-0.2, 0) is 9.09 Å². The van der Waals surface area contributed by atoms with Gasteiger partial charge < -0.3 is 9.42 Å². The maximum absolute atomic E-state index is 10.6. The molecule has 0 rings (SSSR count). The van der Waals surface area contributed by atoms with Crippen LogP contribution in [0.1, 0.15) is 6.92 Å². The maximum Gasteiger partial charge on any atom is 0.331 e. The first-order chi connectivity index (χ1) is 4.12. The third kappa shape index (κ3) is 4.40. The Labute approximate surface area is 54.9 Å². The number of rotatable bonds is 3. The quantitative estimate of drug-likeness (QED) is 0.488. The highest BCUT2D eigenvalue weighted by Crippen LogP contribution is 2.40. The van der Waals surface area contributed by atoms with Crippen LogP contribution in [0.15, 0.2) is 12.2 Å². The third-order valence-electron chi connectivity index (χ3n) is 0.857. The second kappa shape index (κ2) is 3.83. The fourth-order valence-corrected chi connectivity index (χ4v) is 0.939. The van der Waals surface area contributed by atoms with Crippen LogP contribution in [-0.4, -0.2) is 18.2 Å². The van der Waals surface area contributed by atoms with Crippen LogP contribution in [0.3, 0.4) is 0 Å². The Balaban J connectivity index is 3.73. The highest BCUT2D eigenvalue weighted by atomic mass is 31.2. The molecule has 1 atom stereocenters. The molecule has 0 fully saturated rings. The van der Waals surface area contributed by atoms with Gasteiger partial charge in [0.15, 0.2) is 0 Å². The molecule has 0 aromatic carbocycles. The summed E-state index contributed by atoms with van der Waals surface area (Å²) in [6, 6.07) is 0. The summed E-state index contributed by atoms with van der Waals surface area (Å²) < 4.78 is 14.9. The average Bonchev–Trinajstić information content (AvgIpc) is 1.84. The van der Waals surface area contributed by atoms with Crippen LogP contribution in [0.4, 0.5) is 0 Å². The molecule has 0 aliphatic carbocycles. The van der Waals surface area contributed by atoms with Gasteiger partial charge in [0.2, 0.25) is 0 Å². The second-order valence-corrected chi connectivity index (χ2v) is 3.58. The molecule has 0 amide bonds. The molecule has 54 valence electrons. The van der Waals surface area contributed by atoms with Gasteiger partial charge >= 0.3 is 7.60 Å². The van der Waals surface area contributed by atoms with Gasteiger partial charge in [-0.25, -0.2) is 0 Å². The molecule has 0 aliphatic rings. The minimum absolute atomic E-state index is 0.0972. The molecule has 1 N–H and O–H groups in total. The fraction of sp³-hybridized carbons (Fsp3) is 0.600. The van der Waals surface area contributed by atoms with Gasteiger partial charge in [-0.1, -0.05) is 12.2 Å². The van der Waals surface area contributed by atoms with Crippen LogP contribution >= 0.6 is 7.60 Å². The van der Waals surface area contributed by atoms with Crippen molar-refractivity contribution < 1.29 is 14.0 Å². The standard InChI is InChI=1S/C5H11O3P/c1-3-4-5-9(6,7)8-2/h3-4H,5H2,1-2H3,(H,6,7). The van der Waals surface area contributed by atoms with Gasteiger partial charge in [0.1, 0.15) is 0 Å². The lowest BCUT2D eigenvalue weighted by Crippen LogP contribution is -1.85. The molecule has 0 bridgehead atoms. The van der Waals surface area contributed by atoms with Crippen LogP contribution in [0.5, 0.6) is 0 Å². The summed E-state index contributed by atoms with van der Waals surface area (Å²) in [7, 11) is -2.05. The molecule has 9 heavy (non-hydrogen) atoms. The predicted octanol–water partition coefficient (Wildman–Crippen LogP) is 1.39. The van der Waals surface area contributed by atoms with E-state index < -0.39 is 7.60 Å². The van der Waals surface area contributed by atoms with E-state index in [0.29, 0.717) is 0 Å². The van der Waals surface area contributed by atoms with E-state index in [4.69, 9.17) is 4.89 Å². The van der Waals surface area contributed by atoms with Crippen molar-refractivity contribution >= 4 is 7.60 Å². The number of allylic oxidation sites excluding steroid dienone is 2. The van der Waals surface area contributed by atoms with Crippen molar-refractivity contribution in [1.82, 2.24) is 0 Å². The smallest absolute Gasteiger partial charge is 0.324 e. The molecular formula is C5H11O3P. The van der Waals surface area contributed by atoms with Crippen molar-refractivity contribution in [3.05, 3.63) is 12.2 Å². The number of hydrogen-bond acceptors (Lipinski definition) is 2. The summed E-state index contributed by atoms with van der Waals surface area (Å²) in [5, 5.41) is 0. The molecule has 0 heterocycles. The van der Waals surface area contributed by atoms with Gasteiger partial charge in [0.05, 0.1) is 6.16 Å². The van der Waals surface area contributed by atoms with Crippen LogP contribution in [0.2, 0.25) is 0 Å². The van der Waals surface area contributed by atoms with Crippen LogP contribution in [0, 0.1) is 0 Å². The summed E-state index contributed by atoms with van der Waals surface area (Å²) in [4.78, 5) is 8.74. The van der Waals surface area contributed by atoms with Crippen molar-refractivity contribution in [1.29, 1.82) is 0 Å². The van der Waals surface area contributed by atoms with Gasteiger partial charge in [0.25, 0.3) is 0 Å². The van der Waals surface area contributed by atoms with Crippen molar-refractivity contribution in [2.45, 2.75) is 6.92 Å². The van der Waals surface area contributed by atoms with Crippen molar-refractivity contribution in [2.75, 3.05) is 13.3 Å². The molecule has 0 radical (unpaired) electrons. The zero-order chi connectivity index (χ0) is 7.33. The van der Waals surface area contributed by atoms with Crippen LogP contribution in [0.25, 0.3) is 0 Å². The minimum atomic E-state index is -3.28. The van der Waals surface area contributed by atoms with E-state index in [1.165, 1.54) is 7.11 Å². The molecule has 0 spiro atoms.